The van der Waals surface area contributed by atoms with Crippen molar-refractivity contribution in [2.45, 2.75) is 25.6 Å². The highest BCUT2D eigenvalue weighted by Crippen LogP contribution is 2.24. The van der Waals surface area contributed by atoms with Crippen molar-refractivity contribution < 1.29 is 22.7 Å². The van der Waals surface area contributed by atoms with Crippen LogP contribution in [0.5, 0.6) is 5.88 Å². The van der Waals surface area contributed by atoms with E-state index in [1.54, 1.807) is 4.90 Å². The van der Waals surface area contributed by atoms with E-state index in [0.29, 0.717) is 18.7 Å². The molecule has 1 saturated heterocycles. The van der Waals surface area contributed by atoms with Crippen LogP contribution in [0.4, 0.5) is 13.2 Å². The molecule has 0 radical (unpaired) electrons. The molecule has 5 nitrogen and oxygen atoms in total. The molecule has 122 valence electrons. The molecule has 1 aromatic rings. The number of hydrogen-bond acceptors (Lipinski definition) is 4. The second-order valence-electron chi connectivity index (χ2n) is 5.43. The van der Waals surface area contributed by atoms with Crippen LogP contribution in [0.1, 0.15) is 23.7 Å². The quantitative estimate of drug-likeness (QED) is 0.920. The van der Waals surface area contributed by atoms with Gasteiger partial charge in [0, 0.05) is 24.8 Å². The van der Waals surface area contributed by atoms with Crippen molar-refractivity contribution in [1.29, 1.82) is 0 Å². The summed E-state index contributed by atoms with van der Waals surface area (Å²) in [6.45, 7) is 1.65. The first kappa shape index (κ1) is 16.5. The van der Waals surface area contributed by atoms with Crippen molar-refractivity contribution in [3.8, 4) is 5.88 Å². The number of likely N-dealkylation sites (tertiary alicyclic amines) is 1. The predicted molar refractivity (Wildman–Crippen MR) is 73.4 cm³/mol. The molecule has 1 aliphatic heterocycles. The number of amides is 1. The van der Waals surface area contributed by atoms with Gasteiger partial charge in [-0.15, -0.1) is 0 Å². The van der Waals surface area contributed by atoms with Crippen LogP contribution in [-0.2, 0) is 0 Å². The summed E-state index contributed by atoms with van der Waals surface area (Å²) in [7, 11) is 0. The third kappa shape index (κ3) is 4.09. The Morgan fingerprint density at radius 3 is 2.73 bits per heavy atom. The smallest absolute Gasteiger partial charge is 0.422 e. The Labute approximate surface area is 126 Å². The first-order valence-electron chi connectivity index (χ1n) is 6.97. The molecule has 22 heavy (non-hydrogen) atoms. The number of hydrogen-bond donors (Lipinski definition) is 1. The van der Waals surface area contributed by atoms with Crippen molar-refractivity contribution >= 4 is 5.91 Å². The highest BCUT2D eigenvalue weighted by Gasteiger charge is 2.32. The molecule has 0 aromatic carbocycles. The Balaban J connectivity index is 1.99. The zero-order chi connectivity index (χ0) is 16.3. The number of alkyl halides is 3. The maximum absolute atomic E-state index is 12.4. The number of nitrogens with two attached hydrogens (primary N) is 1. The van der Waals surface area contributed by atoms with E-state index in [1.807, 2.05) is 6.92 Å². The predicted octanol–water partition coefficient (Wildman–Crippen LogP) is 1.83. The maximum atomic E-state index is 12.4. The Hall–Kier alpha value is -1.83. The molecule has 1 fully saturated rings. The Kier molecular flexibility index (Phi) is 4.90. The Morgan fingerprint density at radius 2 is 2.23 bits per heavy atom. The van der Waals surface area contributed by atoms with E-state index in [2.05, 4.69) is 9.72 Å². The van der Waals surface area contributed by atoms with E-state index in [9.17, 15) is 18.0 Å². The van der Waals surface area contributed by atoms with E-state index >= 15 is 0 Å². The molecule has 1 amide bonds. The summed E-state index contributed by atoms with van der Waals surface area (Å²) in [6.07, 6.45) is -2.34. The van der Waals surface area contributed by atoms with Gasteiger partial charge in [-0.2, -0.15) is 13.2 Å². The van der Waals surface area contributed by atoms with Crippen LogP contribution >= 0.6 is 0 Å². The third-order valence-corrected chi connectivity index (χ3v) is 3.62. The molecule has 1 aromatic heterocycles. The van der Waals surface area contributed by atoms with Crippen molar-refractivity contribution in [2.24, 2.45) is 11.7 Å². The van der Waals surface area contributed by atoms with Gasteiger partial charge in [0.25, 0.3) is 5.91 Å². The van der Waals surface area contributed by atoms with Gasteiger partial charge >= 0.3 is 6.18 Å². The lowest BCUT2D eigenvalue weighted by atomic mass is 10.1. The number of ether oxygens (including phenoxy) is 1. The van der Waals surface area contributed by atoms with Gasteiger partial charge in [0.15, 0.2) is 6.61 Å². The van der Waals surface area contributed by atoms with Crippen LogP contribution in [0.2, 0.25) is 0 Å². The fourth-order valence-electron chi connectivity index (χ4n) is 2.51. The van der Waals surface area contributed by atoms with Crippen molar-refractivity contribution in [2.75, 3.05) is 19.7 Å². The highest BCUT2D eigenvalue weighted by molar-refractivity contribution is 5.94. The Morgan fingerprint density at radius 1 is 1.50 bits per heavy atom. The second kappa shape index (κ2) is 6.51. The number of rotatable bonds is 4. The SMILES string of the molecule is CC1CC(CN)CN1C(=O)c1ccc(OCC(F)(F)F)nc1. The lowest BCUT2D eigenvalue weighted by molar-refractivity contribution is -0.154. The molecule has 0 bridgehead atoms. The zero-order valence-electron chi connectivity index (χ0n) is 12.1. The molecular formula is C14H18F3N3O2. The number of carbonyl (C=O) groups is 1. The van der Waals surface area contributed by atoms with Crippen molar-refractivity contribution in [3.05, 3.63) is 23.9 Å². The van der Waals surface area contributed by atoms with E-state index in [1.165, 1.54) is 18.3 Å². The van der Waals surface area contributed by atoms with Crippen LogP contribution in [-0.4, -0.2) is 47.7 Å². The molecule has 0 aliphatic carbocycles. The Bertz CT molecular complexity index is 519. The van der Waals surface area contributed by atoms with Crippen LogP contribution in [0.3, 0.4) is 0 Å². The van der Waals surface area contributed by atoms with E-state index < -0.39 is 12.8 Å². The van der Waals surface area contributed by atoms with Gasteiger partial charge in [0.1, 0.15) is 0 Å². The molecule has 0 spiro atoms. The number of halogens is 3. The number of aromatic nitrogens is 1. The summed E-state index contributed by atoms with van der Waals surface area (Å²) >= 11 is 0. The van der Waals surface area contributed by atoms with Crippen LogP contribution in [0, 0.1) is 5.92 Å². The van der Waals surface area contributed by atoms with Gasteiger partial charge < -0.3 is 15.4 Å². The monoisotopic (exact) mass is 317 g/mol. The molecule has 2 heterocycles. The molecule has 2 unspecified atom stereocenters. The van der Waals surface area contributed by atoms with E-state index in [-0.39, 0.29) is 23.7 Å². The van der Waals surface area contributed by atoms with Gasteiger partial charge in [-0.25, -0.2) is 4.98 Å². The summed E-state index contributed by atoms with van der Waals surface area (Å²) < 4.78 is 40.6. The van der Waals surface area contributed by atoms with Gasteiger partial charge in [0.2, 0.25) is 5.88 Å². The average Bonchev–Trinajstić information content (AvgIpc) is 2.85. The molecular weight excluding hydrogens is 299 g/mol. The van der Waals surface area contributed by atoms with E-state index in [0.717, 1.165) is 6.42 Å². The van der Waals surface area contributed by atoms with Gasteiger partial charge in [0.05, 0.1) is 5.56 Å². The van der Waals surface area contributed by atoms with Crippen molar-refractivity contribution in [1.82, 2.24) is 9.88 Å². The van der Waals surface area contributed by atoms with Gasteiger partial charge in [-0.1, -0.05) is 0 Å². The minimum Gasteiger partial charge on any atom is -0.468 e. The van der Waals surface area contributed by atoms with Crippen LogP contribution in [0.25, 0.3) is 0 Å². The number of pyridine rings is 1. The van der Waals surface area contributed by atoms with Crippen molar-refractivity contribution in [3.63, 3.8) is 0 Å². The molecule has 2 N–H and O–H groups in total. The normalized spacial score (nSPS) is 22.0. The average molecular weight is 317 g/mol. The summed E-state index contributed by atoms with van der Waals surface area (Å²) in [4.78, 5) is 17.8. The second-order valence-corrected chi connectivity index (χ2v) is 5.43. The fourth-order valence-corrected chi connectivity index (χ4v) is 2.51. The minimum absolute atomic E-state index is 0.0854. The summed E-state index contributed by atoms with van der Waals surface area (Å²) in [5.74, 6) is -0.0807. The van der Waals surface area contributed by atoms with Gasteiger partial charge in [-0.05, 0) is 31.9 Å². The molecule has 2 rings (SSSR count). The summed E-state index contributed by atoms with van der Waals surface area (Å²) in [6, 6.07) is 2.77. The highest BCUT2D eigenvalue weighted by atomic mass is 19.4. The number of carbonyl (C=O) groups excluding carboxylic acids is 1. The molecule has 2 atom stereocenters. The zero-order valence-corrected chi connectivity index (χ0v) is 12.1. The minimum atomic E-state index is -4.42. The fraction of sp³-hybridized carbons (Fsp3) is 0.571. The van der Waals surface area contributed by atoms with E-state index in [4.69, 9.17) is 5.73 Å². The van der Waals surface area contributed by atoms with Gasteiger partial charge in [-0.3, -0.25) is 4.79 Å². The largest absolute Gasteiger partial charge is 0.468 e. The first-order valence-corrected chi connectivity index (χ1v) is 6.97. The lowest BCUT2D eigenvalue weighted by Gasteiger charge is -2.21. The standard InChI is InChI=1S/C14H18F3N3O2/c1-9-4-10(5-18)7-20(9)13(21)11-2-3-12(19-6-11)22-8-14(15,16)17/h2-3,6,9-10H,4-5,7-8,18H2,1H3. The topological polar surface area (TPSA) is 68.5 Å². The maximum Gasteiger partial charge on any atom is 0.422 e. The molecule has 1 aliphatic rings. The van der Waals surface area contributed by atoms with Crippen LogP contribution in [0.15, 0.2) is 18.3 Å². The number of nitrogens with zero attached hydrogens (tertiary/aromatic N) is 2. The summed E-state index contributed by atoms with van der Waals surface area (Å²) in [5.41, 5.74) is 5.95. The molecule has 0 saturated carbocycles. The molecule has 8 heteroatoms. The summed E-state index contributed by atoms with van der Waals surface area (Å²) in [5, 5.41) is 0. The third-order valence-electron chi connectivity index (χ3n) is 3.62. The lowest BCUT2D eigenvalue weighted by Crippen LogP contribution is -2.34. The van der Waals surface area contributed by atoms with Crippen LogP contribution < -0.4 is 10.5 Å². The first-order chi connectivity index (χ1) is 10.3.